The zero-order valence-corrected chi connectivity index (χ0v) is 6.95. The standard InChI is InChI=1S/C7H15NO3/c1-3-8(2)5-6(9)4-7(10)11/h6,9H,3-5H2,1-2H3,(H,10,11). The second kappa shape index (κ2) is 5.09. The maximum absolute atomic E-state index is 10.1. The van der Waals surface area contributed by atoms with E-state index in [9.17, 15) is 4.79 Å². The molecular weight excluding hydrogens is 146 g/mol. The van der Waals surface area contributed by atoms with E-state index in [2.05, 4.69) is 0 Å². The number of rotatable bonds is 5. The first kappa shape index (κ1) is 10.4. The summed E-state index contributed by atoms with van der Waals surface area (Å²) in [5, 5.41) is 17.4. The lowest BCUT2D eigenvalue weighted by Gasteiger charge is -2.16. The fourth-order valence-electron chi connectivity index (χ4n) is 0.755. The molecule has 1 atom stereocenters. The van der Waals surface area contributed by atoms with Crippen LogP contribution in [0, 0.1) is 0 Å². The first-order valence-electron chi connectivity index (χ1n) is 3.64. The zero-order valence-electron chi connectivity index (χ0n) is 6.95. The van der Waals surface area contributed by atoms with Gasteiger partial charge in [-0.1, -0.05) is 6.92 Å². The highest BCUT2D eigenvalue weighted by Crippen LogP contribution is 1.93. The molecule has 0 aromatic rings. The molecule has 0 bridgehead atoms. The fourth-order valence-corrected chi connectivity index (χ4v) is 0.755. The first-order valence-corrected chi connectivity index (χ1v) is 3.64. The second-order valence-electron chi connectivity index (χ2n) is 2.61. The molecule has 0 heterocycles. The molecule has 0 saturated carbocycles. The Kier molecular flexibility index (Phi) is 4.81. The van der Waals surface area contributed by atoms with Gasteiger partial charge in [0, 0.05) is 6.54 Å². The summed E-state index contributed by atoms with van der Waals surface area (Å²) in [6.45, 7) is 3.19. The number of aliphatic hydroxyl groups excluding tert-OH is 1. The molecule has 11 heavy (non-hydrogen) atoms. The van der Waals surface area contributed by atoms with Crippen molar-refractivity contribution in [2.75, 3.05) is 20.1 Å². The predicted molar refractivity (Wildman–Crippen MR) is 41.4 cm³/mol. The summed E-state index contributed by atoms with van der Waals surface area (Å²) in [7, 11) is 1.84. The molecule has 0 aliphatic carbocycles. The maximum atomic E-state index is 10.1. The van der Waals surface area contributed by atoms with Gasteiger partial charge in [-0.15, -0.1) is 0 Å². The molecule has 0 saturated heterocycles. The van der Waals surface area contributed by atoms with E-state index in [1.165, 1.54) is 0 Å². The summed E-state index contributed by atoms with van der Waals surface area (Å²) in [6.07, 6.45) is -0.929. The highest BCUT2D eigenvalue weighted by molar-refractivity contribution is 5.67. The number of hydrogen-bond acceptors (Lipinski definition) is 3. The smallest absolute Gasteiger partial charge is 0.306 e. The van der Waals surface area contributed by atoms with Crippen molar-refractivity contribution in [2.24, 2.45) is 0 Å². The van der Waals surface area contributed by atoms with E-state index in [1.54, 1.807) is 0 Å². The summed E-state index contributed by atoms with van der Waals surface area (Å²) in [4.78, 5) is 12.0. The van der Waals surface area contributed by atoms with Gasteiger partial charge in [0.15, 0.2) is 0 Å². The lowest BCUT2D eigenvalue weighted by atomic mass is 10.2. The van der Waals surface area contributed by atoms with Gasteiger partial charge in [0.05, 0.1) is 12.5 Å². The minimum absolute atomic E-state index is 0.176. The minimum atomic E-state index is -0.956. The van der Waals surface area contributed by atoms with Gasteiger partial charge in [0.2, 0.25) is 0 Å². The Labute approximate surface area is 66.4 Å². The molecule has 0 rings (SSSR count). The zero-order chi connectivity index (χ0) is 8.85. The van der Waals surface area contributed by atoms with Crippen molar-refractivity contribution >= 4 is 5.97 Å². The van der Waals surface area contributed by atoms with Crippen molar-refractivity contribution in [2.45, 2.75) is 19.4 Å². The third-order valence-electron chi connectivity index (χ3n) is 1.47. The highest BCUT2D eigenvalue weighted by Gasteiger charge is 2.10. The van der Waals surface area contributed by atoms with Crippen LogP contribution in [0.4, 0.5) is 0 Å². The number of carboxylic acids is 1. The quantitative estimate of drug-likeness (QED) is 0.585. The van der Waals surface area contributed by atoms with Gasteiger partial charge >= 0.3 is 5.97 Å². The summed E-state index contributed by atoms with van der Waals surface area (Å²) in [6, 6.07) is 0. The molecule has 1 unspecified atom stereocenters. The molecule has 4 nitrogen and oxygen atoms in total. The molecule has 0 spiro atoms. The van der Waals surface area contributed by atoms with Crippen LogP contribution in [0.1, 0.15) is 13.3 Å². The van der Waals surface area contributed by atoms with E-state index >= 15 is 0 Å². The largest absolute Gasteiger partial charge is 0.481 e. The van der Waals surface area contributed by atoms with Crippen molar-refractivity contribution in [3.05, 3.63) is 0 Å². The summed E-state index contributed by atoms with van der Waals surface area (Å²) < 4.78 is 0. The van der Waals surface area contributed by atoms with Crippen molar-refractivity contribution < 1.29 is 15.0 Å². The molecule has 0 amide bonds. The van der Waals surface area contributed by atoms with Gasteiger partial charge in [-0.2, -0.15) is 0 Å². The van der Waals surface area contributed by atoms with Crippen molar-refractivity contribution in [3.8, 4) is 0 Å². The molecule has 0 radical (unpaired) electrons. The van der Waals surface area contributed by atoms with Crippen LogP contribution in [-0.4, -0.2) is 47.3 Å². The molecular formula is C7H15NO3. The van der Waals surface area contributed by atoms with Crippen molar-refractivity contribution in [1.82, 2.24) is 4.90 Å². The number of aliphatic carboxylic acids is 1. The lowest BCUT2D eigenvalue weighted by molar-refractivity contribution is -0.139. The third-order valence-corrected chi connectivity index (χ3v) is 1.47. The van der Waals surface area contributed by atoms with Gasteiger partial charge < -0.3 is 15.1 Å². The van der Waals surface area contributed by atoms with Crippen LogP contribution < -0.4 is 0 Å². The minimum Gasteiger partial charge on any atom is -0.481 e. The van der Waals surface area contributed by atoms with Gasteiger partial charge in [0.1, 0.15) is 0 Å². The summed E-state index contributed by atoms with van der Waals surface area (Å²) in [5.74, 6) is -0.956. The molecule has 0 aliphatic heterocycles. The number of hydrogen-bond donors (Lipinski definition) is 2. The Morgan fingerprint density at radius 1 is 1.64 bits per heavy atom. The summed E-state index contributed by atoms with van der Waals surface area (Å²) >= 11 is 0. The highest BCUT2D eigenvalue weighted by atomic mass is 16.4. The maximum Gasteiger partial charge on any atom is 0.306 e. The van der Waals surface area contributed by atoms with Crippen LogP contribution in [0.15, 0.2) is 0 Å². The normalized spacial score (nSPS) is 13.5. The average Bonchev–Trinajstić information content (AvgIpc) is 1.85. The van der Waals surface area contributed by atoms with Crippen LogP contribution >= 0.6 is 0 Å². The van der Waals surface area contributed by atoms with E-state index in [0.717, 1.165) is 6.54 Å². The summed E-state index contributed by atoms with van der Waals surface area (Å²) in [5.41, 5.74) is 0. The fraction of sp³-hybridized carbons (Fsp3) is 0.857. The Balaban J connectivity index is 3.51. The molecule has 0 fully saturated rings. The Morgan fingerprint density at radius 3 is 2.55 bits per heavy atom. The van der Waals surface area contributed by atoms with Gasteiger partial charge in [-0.25, -0.2) is 0 Å². The number of carbonyl (C=O) groups is 1. The van der Waals surface area contributed by atoms with Crippen molar-refractivity contribution in [1.29, 1.82) is 0 Å². The molecule has 0 aliphatic rings. The van der Waals surface area contributed by atoms with E-state index in [0.29, 0.717) is 6.54 Å². The Hall–Kier alpha value is -0.610. The first-order chi connectivity index (χ1) is 5.06. The van der Waals surface area contributed by atoms with E-state index in [-0.39, 0.29) is 6.42 Å². The third kappa shape index (κ3) is 5.82. The molecule has 2 N–H and O–H groups in total. The van der Waals surface area contributed by atoms with Gasteiger partial charge in [-0.3, -0.25) is 4.79 Å². The Bertz CT molecular complexity index is 127. The van der Waals surface area contributed by atoms with Crippen molar-refractivity contribution in [3.63, 3.8) is 0 Å². The topological polar surface area (TPSA) is 60.8 Å². The van der Waals surface area contributed by atoms with Crippen LogP contribution in [0.2, 0.25) is 0 Å². The van der Waals surface area contributed by atoms with Crippen LogP contribution in [0.25, 0.3) is 0 Å². The van der Waals surface area contributed by atoms with Crippen LogP contribution in [-0.2, 0) is 4.79 Å². The number of likely N-dealkylation sites (N-methyl/N-ethyl adjacent to an activating group) is 1. The molecule has 0 aromatic carbocycles. The SMILES string of the molecule is CCN(C)CC(O)CC(=O)O. The number of aliphatic hydroxyl groups is 1. The van der Waals surface area contributed by atoms with E-state index in [4.69, 9.17) is 10.2 Å². The van der Waals surface area contributed by atoms with E-state index in [1.807, 2.05) is 18.9 Å². The second-order valence-corrected chi connectivity index (χ2v) is 2.61. The van der Waals surface area contributed by atoms with Gasteiger partial charge in [0.25, 0.3) is 0 Å². The van der Waals surface area contributed by atoms with E-state index < -0.39 is 12.1 Å². The predicted octanol–water partition coefficient (Wildman–Crippen LogP) is -0.226. The molecule has 4 heteroatoms. The van der Waals surface area contributed by atoms with Crippen LogP contribution in [0.3, 0.4) is 0 Å². The molecule has 0 aromatic heterocycles. The number of carboxylic acid groups (broad SMARTS) is 1. The molecule has 66 valence electrons. The monoisotopic (exact) mass is 161 g/mol. The number of nitrogens with zero attached hydrogens (tertiary/aromatic N) is 1. The van der Waals surface area contributed by atoms with Crippen LogP contribution in [0.5, 0.6) is 0 Å². The lowest BCUT2D eigenvalue weighted by Crippen LogP contribution is -2.30. The Morgan fingerprint density at radius 2 is 2.18 bits per heavy atom. The average molecular weight is 161 g/mol. The van der Waals surface area contributed by atoms with Gasteiger partial charge in [-0.05, 0) is 13.6 Å².